The molecule has 0 bridgehead atoms. The zero-order valence-corrected chi connectivity index (χ0v) is 17.4. The van der Waals surface area contributed by atoms with E-state index in [2.05, 4.69) is 15.2 Å². The van der Waals surface area contributed by atoms with Gasteiger partial charge in [-0.15, -0.1) is 0 Å². The quantitative estimate of drug-likeness (QED) is 0.655. The maximum Gasteiger partial charge on any atom is 0.261 e. The van der Waals surface area contributed by atoms with Crippen molar-refractivity contribution in [3.05, 3.63) is 76.1 Å². The number of nitrogens with zero attached hydrogens (tertiary/aromatic N) is 3. The molecule has 4 rings (SSSR count). The molecule has 1 unspecified atom stereocenters. The van der Waals surface area contributed by atoms with Gasteiger partial charge in [-0.1, -0.05) is 24.3 Å². The highest BCUT2D eigenvalue weighted by molar-refractivity contribution is 5.81. The number of para-hydroxylation sites is 1. The Morgan fingerprint density at radius 3 is 2.68 bits per heavy atom. The Kier molecular flexibility index (Phi) is 6.39. The maximum atomic E-state index is 13.4. The van der Waals surface area contributed by atoms with Crippen LogP contribution in [0.3, 0.4) is 0 Å². The molecule has 162 valence electrons. The van der Waals surface area contributed by atoms with E-state index >= 15 is 0 Å². The molecule has 2 heterocycles. The zero-order chi connectivity index (χ0) is 21.8. The van der Waals surface area contributed by atoms with Gasteiger partial charge in [0.05, 0.1) is 36.5 Å². The molecule has 0 saturated carbocycles. The first kappa shape index (κ1) is 21.1. The second-order valence-electron chi connectivity index (χ2n) is 7.67. The van der Waals surface area contributed by atoms with Crippen molar-refractivity contribution in [3.63, 3.8) is 0 Å². The first-order chi connectivity index (χ1) is 15.0. The second kappa shape index (κ2) is 9.36. The molecule has 1 atom stereocenters. The predicted octanol–water partition coefficient (Wildman–Crippen LogP) is 2.03. The van der Waals surface area contributed by atoms with Gasteiger partial charge in [0.15, 0.2) is 0 Å². The summed E-state index contributed by atoms with van der Waals surface area (Å²) in [5, 5.41) is 3.42. The van der Waals surface area contributed by atoms with Crippen LogP contribution in [0, 0.1) is 12.7 Å². The molecule has 8 heteroatoms. The van der Waals surface area contributed by atoms with E-state index in [1.807, 2.05) is 13.0 Å². The zero-order valence-electron chi connectivity index (χ0n) is 17.4. The van der Waals surface area contributed by atoms with Crippen LogP contribution >= 0.6 is 0 Å². The van der Waals surface area contributed by atoms with E-state index < -0.39 is 0 Å². The summed E-state index contributed by atoms with van der Waals surface area (Å²) in [4.78, 5) is 31.9. The lowest BCUT2D eigenvalue weighted by molar-refractivity contribution is -0.122. The summed E-state index contributed by atoms with van der Waals surface area (Å²) in [5.74, 6) is -0.580. The van der Waals surface area contributed by atoms with E-state index in [0.717, 1.165) is 24.2 Å². The van der Waals surface area contributed by atoms with Gasteiger partial charge in [-0.3, -0.25) is 19.1 Å². The summed E-state index contributed by atoms with van der Waals surface area (Å²) < 4.78 is 20.1. The van der Waals surface area contributed by atoms with Crippen molar-refractivity contribution in [3.8, 4) is 0 Å². The van der Waals surface area contributed by atoms with Crippen LogP contribution < -0.4 is 10.9 Å². The minimum atomic E-state index is -0.299. The molecule has 0 aliphatic carbocycles. The highest BCUT2D eigenvalue weighted by Crippen LogP contribution is 2.21. The lowest BCUT2D eigenvalue weighted by atomic mass is 10.0. The van der Waals surface area contributed by atoms with Crippen molar-refractivity contribution >= 4 is 16.8 Å². The van der Waals surface area contributed by atoms with E-state index in [0.29, 0.717) is 30.7 Å². The highest BCUT2D eigenvalue weighted by atomic mass is 19.1. The third kappa shape index (κ3) is 4.81. The summed E-state index contributed by atoms with van der Waals surface area (Å²) in [7, 11) is 0. The van der Waals surface area contributed by atoms with Gasteiger partial charge >= 0.3 is 0 Å². The molecule has 0 spiro atoms. The van der Waals surface area contributed by atoms with E-state index in [1.165, 1.54) is 23.0 Å². The Labute approximate surface area is 179 Å². The molecular formula is C23H25FN4O3. The van der Waals surface area contributed by atoms with E-state index in [1.54, 1.807) is 24.3 Å². The van der Waals surface area contributed by atoms with Crippen molar-refractivity contribution in [1.82, 2.24) is 19.8 Å². The summed E-state index contributed by atoms with van der Waals surface area (Å²) in [6.07, 6.45) is 1.41. The van der Waals surface area contributed by atoms with Gasteiger partial charge in [-0.05, 0) is 36.2 Å². The number of halogens is 1. The van der Waals surface area contributed by atoms with Crippen LogP contribution in [-0.2, 0) is 16.1 Å². The molecule has 31 heavy (non-hydrogen) atoms. The predicted molar refractivity (Wildman–Crippen MR) is 115 cm³/mol. The Hall–Kier alpha value is -3.10. The normalized spacial score (nSPS) is 15.7. The van der Waals surface area contributed by atoms with Crippen molar-refractivity contribution < 1.29 is 13.9 Å². The Balaban J connectivity index is 1.48. The van der Waals surface area contributed by atoms with Crippen LogP contribution in [0.15, 0.2) is 53.6 Å². The van der Waals surface area contributed by atoms with Crippen molar-refractivity contribution in [2.24, 2.45) is 0 Å². The summed E-state index contributed by atoms with van der Waals surface area (Å²) in [6, 6.07) is 11.6. The molecule has 1 aromatic heterocycles. The van der Waals surface area contributed by atoms with Gasteiger partial charge in [0.1, 0.15) is 12.4 Å². The van der Waals surface area contributed by atoms with Gasteiger partial charge < -0.3 is 10.1 Å². The van der Waals surface area contributed by atoms with Crippen LogP contribution in [-0.4, -0.2) is 53.2 Å². The average molecular weight is 424 g/mol. The van der Waals surface area contributed by atoms with Gasteiger partial charge in [0.2, 0.25) is 5.91 Å². The molecule has 1 aliphatic rings. The number of morpholine rings is 1. The molecule has 0 radical (unpaired) electrons. The molecule has 1 amide bonds. The fraction of sp³-hybridized carbons (Fsp3) is 0.348. The fourth-order valence-corrected chi connectivity index (χ4v) is 3.90. The Morgan fingerprint density at radius 2 is 1.94 bits per heavy atom. The van der Waals surface area contributed by atoms with Crippen LogP contribution in [0.2, 0.25) is 0 Å². The van der Waals surface area contributed by atoms with Crippen LogP contribution in [0.4, 0.5) is 4.39 Å². The number of benzene rings is 2. The molecule has 1 aliphatic heterocycles. The molecule has 2 aromatic carbocycles. The van der Waals surface area contributed by atoms with E-state index in [4.69, 9.17) is 4.74 Å². The van der Waals surface area contributed by atoms with E-state index in [-0.39, 0.29) is 29.9 Å². The smallest absolute Gasteiger partial charge is 0.261 e. The van der Waals surface area contributed by atoms with Crippen LogP contribution in [0.25, 0.3) is 10.9 Å². The average Bonchev–Trinajstić information content (AvgIpc) is 2.78. The number of amides is 1. The van der Waals surface area contributed by atoms with Crippen LogP contribution in [0.5, 0.6) is 0 Å². The number of fused-ring (bicyclic) bond motifs is 1. The molecule has 3 aromatic rings. The van der Waals surface area contributed by atoms with Gasteiger partial charge in [0, 0.05) is 19.6 Å². The number of aryl methyl sites for hydroxylation is 1. The first-order valence-corrected chi connectivity index (χ1v) is 10.3. The van der Waals surface area contributed by atoms with Crippen molar-refractivity contribution in [2.45, 2.75) is 19.5 Å². The lowest BCUT2D eigenvalue weighted by Crippen LogP contribution is -2.44. The topological polar surface area (TPSA) is 76.5 Å². The lowest BCUT2D eigenvalue weighted by Gasteiger charge is -2.35. The Bertz CT molecular complexity index is 1120. The van der Waals surface area contributed by atoms with Crippen molar-refractivity contribution in [2.75, 3.05) is 32.8 Å². The highest BCUT2D eigenvalue weighted by Gasteiger charge is 2.23. The third-order valence-corrected chi connectivity index (χ3v) is 5.60. The summed E-state index contributed by atoms with van der Waals surface area (Å²) in [6.45, 7) is 4.81. The number of hydrogen-bond donors (Lipinski definition) is 1. The number of nitrogens with one attached hydrogen (secondary N) is 1. The molecule has 1 saturated heterocycles. The SMILES string of the molecule is Cc1cccc2c(=O)n(CC(=O)NCC(c3ccc(F)cc3)N3CCOCC3)cnc12. The Morgan fingerprint density at radius 1 is 1.19 bits per heavy atom. The van der Waals surface area contributed by atoms with E-state index in [9.17, 15) is 14.0 Å². The number of ether oxygens (including phenoxy) is 1. The maximum absolute atomic E-state index is 13.4. The molecule has 1 fully saturated rings. The molecule has 7 nitrogen and oxygen atoms in total. The number of carbonyl (C=O) groups excluding carboxylic acids is 1. The third-order valence-electron chi connectivity index (χ3n) is 5.60. The first-order valence-electron chi connectivity index (χ1n) is 10.3. The van der Waals surface area contributed by atoms with Gasteiger partial charge in [-0.25, -0.2) is 9.37 Å². The number of carbonyl (C=O) groups is 1. The second-order valence-corrected chi connectivity index (χ2v) is 7.67. The monoisotopic (exact) mass is 424 g/mol. The number of aromatic nitrogens is 2. The minimum Gasteiger partial charge on any atom is -0.379 e. The largest absolute Gasteiger partial charge is 0.379 e. The molecular weight excluding hydrogens is 399 g/mol. The standard InChI is InChI=1S/C23H25FN4O3/c1-16-3-2-4-19-22(16)26-15-28(23(19)30)14-21(29)25-13-20(27-9-11-31-12-10-27)17-5-7-18(24)8-6-17/h2-8,15,20H,9-14H2,1H3,(H,25,29). The van der Waals surface area contributed by atoms with Gasteiger partial charge in [0.25, 0.3) is 5.56 Å². The summed E-state index contributed by atoms with van der Waals surface area (Å²) in [5.41, 5.74) is 2.24. The van der Waals surface area contributed by atoms with Gasteiger partial charge in [-0.2, -0.15) is 0 Å². The fourth-order valence-electron chi connectivity index (χ4n) is 3.90. The minimum absolute atomic E-state index is 0.109. The molecule has 1 N–H and O–H groups in total. The van der Waals surface area contributed by atoms with Crippen LogP contribution in [0.1, 0.15) is 17.2 Å². The number of rotatable bonds is 6. The van der Waals surface area contributed by atoms with Crippen molar-refractivity contribution in [1.29, 1.82) is 0 Å². The number of hydrogen-bond acceptors (Lipinski definition) is 5. The summed E-state index contributed by atoms with van der Waals surface area (Å²) >= 11 is 0.